The highest BCUT2D eigenvalue weighted by Crippen LogP contribution is 2.23. The fraction of sp³-hybridized carbons (Fsp3) is 0.333. The monoisotopic (exact) mass is 368 g/mol. The van der Waals surface area contributed by atoms with Crippen molar-refractivity contribution in [1.82, 2.24) is 24.6 Å². The van der Waals surface area contributed by atoms with Crippen molar-refractivity contribution in [3.05, 3.63) is 42.9 Å². The van der Waals surface area contributed by atoms with Crippen molar-refractivity contribution in [2.45, 2.75) is 4.90 Å². The van der Waals surface area contributed by atoms with Crippen LogP contribution in [0.3, 0.4) is 0 Å². The average Bonchev–Trinajstić information content (AvgIpc) is 3.08. The Labute approximate surface area is 156 Å². The molecule has 1 aliphatic rings. The summed E-state index contributed by atoms with van der Waals surface area (Å²) in [7, 11) is 1.88. The zero-order chi connectivity index (χ0) is 17.9. The first-order valence-corrected chi connectivity index (χ1v) is 9.54. The van der Waals surface area contributed by atoms with Crippen LogP contribution in [0.2, 0.25) is 0 Å². The van der Waals surface area contributed by atoms with Crippen molar-refractivity contribution in [2.75, 3.05) is 36.8 Å². The highest BCUT2D eigenvalue weighted by Gasteiger charge is 2.23. The SMILES string of the molecule is Cn1ncc2c(N3CCN(C(=O)CSc4ccccc4)CC3)ncnc21. The van der Waals surface area contributed by atoms with Gasteiger partial charge in [0.15, 0.2) is 5.65 Å². The van der Waals surface area contributed by atoms with Crippen LogP contribution in [0.4, 0.5) is 5.82 Å². The number of thioether (sulfide) groups is 1. The molecule has 1 fully saturated rings. The molecule has 1 amide bonds. The van der Waals surface area contributed by atoms with Crippen molar-refractivity contribution >= 4 is 34.5 Å². The van der Waals surface area contributed by atoms with Gasteiger partial charge in [-0.1, -0.05) is 18.2 Å². The Morgan fingerprint density at radius 2 is 1.88 bits per heavy atom. The second-order valence-corrected chi connectivity index (χ2v) is 7.22. The highest BCUT2D eigenvalue weighted by atomic mass is 32.2. The summed E-state index contributed by atoms with van der Waals surface area (Å²) in [5.74, 6) is 1.56. The van der Waals surface area contributed by atoms with Crippen molar-refractivity contribution in [3.8, 4) is 0 Å². The largest absolute Gasteiger partial charge is 0.352 e. The minimum Gasteiger partial charge on any atom is -0.352 e. The molecule has 0 spiro atoms. The average molecular weight is 368 g/mol. The molecule has 0 radical (unpaired) electrons. The number of amides is 1. The number of hydrogen-bond acceptors (Lipinski definition) is 6. The molecule has 2 aromatic heterocycles. The highest BCUT2D eigenvalue weighted by molar-refractivity contribution is 8.00. The van der Waals surface area contributed by atoms with Crippen molar-refractivity contribution in [3.63, 3.8) is 0 Å². The van der Waals surface area contributed by atoms with Gasteiger partial charge in [-0.3, -0.25) is 9.48 Å². The summed E-state index contributed by atoms with van der Waals surface area (Å²) in [6.07, 6.45) is 3.38. The molecule has 0 aliphatic carbocycles. The van der Waals surface area contributed by atoms with Gasteiger partial charge in [0.1, 0.15) is 12.1 Å². The molecule has 8 heteroatoms. The second-order valence-electron chi connectivity index (χ2n) is 6.17. The Morgan fingerprint density at radius 3 is 2.65 bits per heavy atom. The standard InChI is InChI=1S/C18H20N6OS/c1-22-17-15(11-21-22)18(20-13-19-17)24-9-7-23(8-10-24)16(25)12-26-14-5-3-2-4-6-14/h2-6,11,13H,7-10,12H2,1H3. The van der Waals surface area contributed by atoms with Crippen LogP contribution < -0.4 is 4.90 Å². The normalized spacial score (nSPS) is 14.8. The van der Waals surface area contributed by atoms with Gasteiger partial charge in [-0.2, -0.15) is 5.10 Å². The number of nitrogens with zero attached hydrogens (tertiary/aromatic N) is 6. The lowest BCUT2D eigenvalue weighted by molar-refractivity contribution is -0.128. The third kappa shape index (κ3) is 3.37. The summed E-state index contributed by atoms with van der Waals surface area (Å²) >= 11 is 1.59. The maximum atomic E-state index is 12.5. The number of anilines is 1. The fourth-order valence-corrected chi connectivity index (χ4v) is 3.94. The van der Waals surface area contributed by atoms with E-state index in [4.69, 9.17) is 0 Å². The zero-order valence-electron chi connectivity index (χ0n) is 14.6. The van der Waals surface area contributed by atoms with Crippen LogP contribution in [0.15, 0.2) is 47.8 Å². The Morgan fingerprint density at radius 1 is 1.12 bits per heavy atom. The molecule has 3 heterocycles. The lowest BCUT2D eigenvalue weighted by atomic mass is 10.3. The maximum Gasteiger partial charge on any atom is 0.233 e. The number of aryl methyl sites for hydroxylation is 1. The third-order valence-electron chi connectivity index (χ3n) is 4.55. The van der Waals surface area contributed by atoms with Crippen LogP contribution in [0.1, 0.15) is 0 Å². The van der Waals surface area contributed by atoms with E-state index in [9.17, 15) is 4.79 Å². The fourth-order valence-electron chi connectivity index (χ4n) is 3.12. The van der Waals surface area contributed by atoms with Crippen molar-refractivity contribution in [1.29, 1.82) is 0 Å². The van der Waals surface area contributed by atoms with E-state index in [1.165, 1.54) is 0 Å². The van der Waals surface area contributed by atoms with Crippen LogP contribution in [0.25, 0.3) is 11.0 Å². The zero-order valence-corrected chi connectivity index (χ0v) is 15.4. The van der Waals surface area contributed by atoms with Gasteiger partial charge in [0.05, 0.1) is 17.3 Å². The van der Waals surface area contributed by atoms with Crippen LogP contribution in [-0.2, 0) is 11.8 Å². The number of carbonyl (C=O) groups excluding carboxylic acids is 1. The summed E-state index contributed by atoms with van der Waals surface area (Å²) < 4.78 is 1.75. The van der Waals surface area contributed by atoms with E-state index >= 15 is 0 Å². The Bertz CT molecular complexity index is 904. The number of benzene rings is 1. The molecule has 1 aliphatic heterocycles. The molecular weight excluding hydrogens is 348 g/mol. The molecule has 0 atom stereocenters. The van der Waals surface area contributed by atoms with Gasteiger partial charge < -0.3 is 9.80 Å². The maximum absolute atomic E-state index is 12.5. The summed E-state index contributed by atoms with van der Waals surface area (Å²) in [4.78, 5) is 26.5. The van der Waals surface area contributed by atoms with Gasteiger partial charge in [-0.15, -0.1) is 11.8 Å². The summed E-state index contributed by atoms with van der Waals surface area (Å²) in [6, 6.07) is 10.0. The second kappa shape index (κ2) is 7.33. The van der Waals surface area contributed by atoms with E-state index < -0.39 is 0 Å². The van der Waals surface area contributed by atoms with Crippen LogP contribution in [0, 0.1) is 0 Å². The molecule has 0 saturated carbocycles. The van der Waals surface area contributed by atoms with Gasteiger partial charge in [0.25, 0.3) is 0 Å². The Balaban J connectivity index is 1.37. The first-order chi connectivity index (χ1) is 12.7. The molecule has 3 aromatic rings. The predicted octanol–water partition coefficient (Wildman–Crippen LogP) is 1.80. The minimum atomic E-state index is 0.188. The third-order valence-corrected chi connectivity index (χ3v) is 5.54. The molecule has 0 N–H and O–H groups in total. The van der Waals surface area contributed by atoms with E-state index in [0.29, 0.717) is 18.8 Å². The molecule has 26 heavy (non-hydrogen) atoms. The van der Waals surface area contributed by atoms with E-state index in [0.717, 1.165) is 34.8 Å². The minimum absolute atomic E-state index is 0.188. The first-order valence-electron chi connectivity index (χ1n) is 8.55. The molecule has 1 saturated heterocycles. The first kappa shape index (κ1) is 16.8. The Kier molecular flexibility index (Phi) is 4.75. The lowest BCUT2D eigenvalue weighted by Crippen LogP contribution is -2.49. The van der Waals surface area contributed by atoms with Gasteiger partial charge in [0.2, 0.25) is 5.91 Å². The number of fused-ring (bicyclic) bond motifs is 1. The van der Waals surface area contributed by atoms with Crippen LogP contribution >= 0.6 is 11.8 Å². The van der Waals surface area contributed by atoms with E-state index in [2.05, 4.69) is 20.0 Å². The van der Waals surface area contributed by atoms with Gasteiger partial charge >= 0.3 is 0 Å². The number of carbonyl (C=O) groups is 1. The number of hydrogen-bond donors (Lipinski definition) is 0. The molecule has 134 valence electrons. The van der Waals surface area contributed by atoms with Gasteiger partial charge in [0, 0.05) is 38.1 Å². The van der Waals surface area contributed by atoms with Crippen LogP contribution in [-0.4, -0.2) is 62.5 Å². The van der Waals surface area contributed by atoms with Gasteiger partial charge in [-0.05, 0) is 12.1 Å². The molecule has 0 unspecified atom stereocenters. The van der Waals surface area contributed by atoms with Crippen LogP contribution in [0.5, 0.6) is 0 Å². The van der Waals surface area contributed by atoms with E-state index in [-0.39, 0.29) is 5.91 Å². The lowest BCUT2D eigenvalue weighted by Gasteiger charge is -2.35. The van der Waals surface area contributed by atoms with E-state index in [1.807, 2.05) is 42.3 Å². The molecular formula is C18H20N6OS. The number of rotatable bonds is 4. The van der Waals surface area contributed by atoms with Crippen molar-refractivity contribution in [2.24, 2.45) is 7.05 Å². The summed E-state index contributed by atoms with van der Waals surface area (Å²) in [5, 5.41) is 5.22. The number of aromatic nitrogens is 4. The number of piperazine rings is 1. The van der Waals surface area contributed by atoms with Crippen molar-refractivity contribution < 1.29 is 4.79 Å². The molecule has 4 rings (SSSR count). The molecule has 1 aromatic carbocycles. The predicted molar refractivity (Wildman–Crippen MR) is 102 cm³/mol. The quantitative estimate of drug-likeness (QED) is 0.654. The summed E-state index contributed by atoms with van der Waals surface area (Å²) in [6.45, 7) is 2.95. The summed E-state index contributed by atoms with van der Waals surface area (Å²) in [5.41, 5.74) is 0.827. The molecule has 7 nitrogen and oxygen atoms in total. The topological polar surface area (TPSA) is 67.2 Å². The Hall–Kier alpha value is -2.61. The van der Waals surface area contributed by atoms with Gasteiger partial charge in [-0.25, -0.2) is 9.97 Å². The smallest absolute Gasteiger partial charge is 0.233 e. The van der Waals surface area contributed by atoms with E-state index in [1.54, 1.807) is 29.0 Å². The molecule has 0 bridgehead atoms.